The van der Waals surface area contributed by atoms with Gasteiger partial charge in [0.05, 0.1) is 12.4 Å². The summed E-state index contributed by atoms with van der Waals surface area (Å²) >= 11 is 0. The fourth-order valence-corrected chi connectivity index (χ4v) is 2.99. The second-order valence-electron chi connectivity index (χ2n) is 5.53. The van der Waals surface area contributed by atoms with Gasteiger partial charge in [-0.25, -0.2) is 13.6 Å². The molecule has 0 unspecified atom stereocenters. The topological polar surface area (TPSA) is 69.4 Å². The van der Waals surface area contributed by atoms with Gasteiger partial charge in [-0.15, -0.1) is 0 Å². The lowest BCUT2D eigenvalue weighted by atomic mass is 9.98. The van der Waals surface area contributed by atoms with Gasteiger partial charge in [-0.2, -0.15) is 0 Å². The van der Waals surface area contributed by atoms with Crippen LogP contribution in [0.3, 0.4) is 0 Å². The number of hydrogen-bond acceptors (Lipinski definition) is 3. The van der Waals surface area contributed by atoms with E-state index in [1.54, 1.807) is 0 Å². The first-order valence-corrected chi connectivity index (χ1v) is 7.51. The van der Waals surface area contributed by atoms with Gasteiger partial charge in [0.1, 0.15) is 5.75 Å². The van der Waals surface area contributed by atoms with Crippen LogP contribution in [0.5, 0.6) is 5.75 Å². The van der Waals surface area contributed by atoms with Gasteiger partial charge in [0.25, 0.3) is 0 Å². The van der Waals surface area contributed by atoms with Crippen molar-refractivity contribution in [1.29, 1.82) is 0 Å². The Bertz CT molecular complexity index is 521. The number of primary sulfonamides is 1. The van der Waals surface area contributed by atoms with Crippen molar-refractivity contribution in [2.24, 2.45) is 10.6 Å². The molecule has 0 aliphatic rings. The van der Waals surface area contributed by atoms with Gasteiger partial charge in [-0.3, -0.25) is 0 Å². The molecule has 0 aliphatic heterocycles. The molecule has 1 rings (SSSR count). The normalized spacial score (nSPS) is 12.5. The number of aryl methyl sites for hydroxylation is 2. The second kappa shape index (κ2) is 5.28. The Balaban J connectivity index is 2.70. The quantitative estimate of drug-likeness (QED) is 0.890. The van der Waals surface area contributed by atoms with E-state index in [-0.39, 0.29) is 5.75 Å². The lowest BCUT2D eigenvalue weighted by Crippen LogP contribution is -2.33. The monoisotopic (exact) mass is 271 g/mol. The van der Waals surface area contributed by atoms with E-state index in [9.17, 15) is 8.42 Å². The van der Waals surface area contributed by atoms with E-state index in [0.29, 0.717) is 6.61 Å². The average Bonchev–Trinajstić information content (AvgIpc) is 2.12. The number of benzene rings is 1. The van der Waals surface area contributed by atoms with E-state index < -0.39 is 15.4 Å². The SMILES string of the molecule is Cc1ccc(OCC(C)(C)CS(N)(=O)=O)c(C)c1. The Kier molecular flexibility index (Phi) is 4.40. The zero-order valence-corrected chi connectivity index (χ0v) is 12.2. The molecular formula is C13H21NO3S. The Labute approximate surface area is 109 Å². The molecule has 18 heavy (non-hydrogen) atoms. The molecule has 5 heteroatoms. The zero-order valence-electron chi connectivity index (χ0n) is 11.4. The van der Waals surface area contributed by atoms with Crippen molar-refractivity contribution < 1.29 is 13.2 Å². The first-order chi connectivity index (χ1) is 8.09. The predicted octanol–water partition coefficient (Wildman–Crippen LogP) is 2.00. The summed E-state index contributed by atoms with van der Waals surface area (Å²) in [7, 11) is -3.48. The minimum atomic E-state index is -3.48. The summed E-state index contributed by atoms with van der Waals surface area (Å²) in [5, 5.41) is 5.06. The summed E-state index contributed by atoms with van der Waals surface area (Å²) in [5.74, 6) is 0.688. The Morgan fingerprint density at radius 2 is 1.89 bits per heavy atom. The number of rotatable bonds is 5. The number of nitrogens with two attached hydrogens (primary N) is 1. The van der Waals surface area contributed by atoms with Crippen molar-refractivity contribution >= 4 is 10.0 Å². The molecule has 0 fully saturated rings. The maximum atomic E-state index is 11.1. The molecule has 0 radical (unpaired) electrons. The van der Waals surface area contributed by atoms with E-state index in [1.807, 2.05) is 45.9 Å². The molecule has 0 atom stereocenters. The largest absolute Gasteiger partial charge is 0.493 e. The molecule has 1 aromatic carbocycles. The Morgan fingerprint density at radius 3 is 2.39 bits per heavy atom. The zero-order chi connectivity index (χ0) is 14.0. The van der Waals surface area contributed by atoms with Gasteiger partial charge < -0.3 is 4.74 Å². The van der Waals surface area contributed by atoms with Crippen molar-refractivity contribution in [3.63, 3.8) is 0 Å². The summed E-state index contributed by atoms with van der Waals surface area (Å²) in [5.41, 5.74) is 1.70. The molecule has 0 heterocycles. The highest BCUT2D eigenvalue weighted by atomic mass is 32.2. The third-order valence-corrected chi connectivity index (χ3v) is 3.72. The van der Waals surface area contributed by atoms with Gasteiger partial charge in [-0.05, 0) is 25.5 Å². The van der Waals surface area contributed by atoms with Crippen LogP contribution in [0.1, 0.15) is 25.0 Å². The van der Waals surface area contributed by atoms with Gasteiger partial charge in [-0.1, -0.05) is 31.5 Å². The molecule has 4 nitrogen and oxygen atoms in total. The lowest BCUT2D eigenvalue weighted by Gasteiger charge is -2.24. The Hall–Kier alpha value is -1.07. The highest BCUT2D eigenvalue weighted by molar-refractivity contribution is 7.89. The van der Waals surface area contributed by atoms with Crippen LogP contribution in [0.25, 0.3) is 0 Å². The number of ether oxygens (including phenoxy) is 1. The van der Waals surface area contributed by atoms with E-state index in [1.165, 1.54) is 5.56 Å². The van der Waals surface area contributed by atoms with Crippen LogP contribution in [0.4, 0.5) is 0 Å². The van der Waals surface area contributed by atoms with Crippen LogP contribution < -0.4 is 9.88 Å². The molecule has 0 amide bonds. The van der Waals surface area contributed by atoms with Gasteiger partial charge in [0, 0.05) is 5.41 Å². The van der Waals surface area contributed by atoms with Crippen molar-refractivity contribution in [3.05, 3.63) is 29.3 Å². The molecule has 0 saturated heterocycles. The summed E-state index contributed by atoms with van der Waals surface area (Å²) in [4.78, 5) is 0. The van der Waals surface area contributed by atoms with Crippen LogP contribution in [0, 0.1) is 19.3 Å². The smallest absolute Gasteiger partial charge is 0.209 e. The fraction of sp³-hybridized carbons (Fsp3) is 0.538. The summed E-state index contributed by atoms with van der Waals surface area (Å²) in [6.07, 6.45) is 0. The van der Waals surface area contributed by atoms with Crippen LogP contribution in [-0.4, -0.2) is 20.8 Å². The first-order valence-electron chi connectivity index (χ1n) is 5.80. The fourth-order valence-electron chi connectivity index (χ4n) is 1.82. The van der Waals surface area contributed by atoms with E-state index in [2.05, 4.69) is 0 Å². The lowest BCUT2D eigenvalue weighted by molar-refractivity contribution is 0.199. The van der Waals surface area contributed by atoms with Crippen molar-refractivity contribution in [3.8, 4) is 5.75 Å². The molecular weight excluding hydrogens is 250 g/mol. The van der Waals surface area contributed by atoms with E-state index in [4.69, 9.17) is 9.88 Å². The molecule has 1 aromatic rings. The van der Waals surface area contributed by atoms with Crippen LogP contribution in [-0.2, 0) is 10.0 Å². The molecule has 102 valence electrons. The average molecular weight is 271 g/mol. The van der Waals surface area contributed by atoms with Gasteiger partial charge >= 0.3 is 0 Å². The highest BCUT2D eigenvalue weighted by Crippen LogP contribution is 2.23. The summed E-state index contributed by atoms with van der Waals surface area (Å²) in [6, 6.07) is 5.90. The molecule has 0 bridgehead atoms. The highest BCUT2D eigenvalue weighted by Gasteiger charge is 2.25. The van der Waals surface area contributed by atoms with Crippen LogP contribution in [0.2, 0.25) is 0 Å². The molecule has 0 saturated carbocycles. The third kappa shape index (κ3) is 5.06. The van der Waals surface area contributed by atoms with Crippen LogP contribution in [0.15, 0.2) is 18.2 Å². The van der Waals surface area contributed by atoms with Crippen LogP contribution >= 0.6 is 0 Å². The van der Waals surface area contributed by atoms with E-state index in [0.717, 1.165) is 11.3 Å². The van der Waals surface area contributed by atoms with Gasteiger partial charge in [0.15, 0.2) is 0 Å². The Morgan fingerprint density at radius 1 is 1.28 bits per heavy atom. The minimum absolute atomic E-state index is 0.0924. The summed E-state index contributed by atoms with van der Waals surface area (Å²) < 4.78 is 27.9. The van der Waals surface area contributed by atoms with Crippen molar-refractivity contribution in [2.75, 3.05) is 12.4 Å². The second-order valence-corrected chi connectivity index (χ2v) is 7.14. The first kappa shape index (κ1) is 15.0. The van der Waals surface area contributed by atoms with Crippen molar-refractivity contribution in [2.45, 2.75) is 27.7 Å². The number of sulfonamides is 1. The van der Waals surface area contributed by atoms with Gasteiger partial charge in [0.2, 0.25) is 10.0 Å². The maximum absolute atomic E-state index is 11.1. The third-order valence-electron chi connectivity index (χ3n) is 2.54. The number of hydrogen-bond donors (Lipinski definition) is 1. The molecule has 0 aliphatic carbocycles. The molecule has 2 N–H and O–H groups in total. The summed E-state index contributed by atoms with van der Waals surface area (Å²) in [6.45, 7) is 7.94. The van der Waals surface area contributed by atoms with Crippen molar-refractivity contribution in [1.82, 2.24) is 0 Å². The maximum Gasteiger partial charge on any atom is 0.209 e. The predicted molar refractivity (Wildman–Crippen MR) is 73.2 cm³/mol. The standard InChI is InChI=1S/C13H21NO3S/c1-10-5-6-12(11(2)7-10)17-8-13(3,4)9-18(14,15)16/h5-7H,8-9H2,1-4H3,(H2,14,15,16). The molecule has 0 spiro atoms. The minimum Gasteiger partial charge on any atom is -0.493 e. The molecule has 0 aromatic heterocycles. The van der Waals surface area contributed by atoms with E-state index >= 15 is 0 Å².